The van der Waals surface area contributed by atoms with Gasteiger partial charge in [-0.1, -0.05) is 6.07 Å². The van der Waals surface area contributed by atoms with Crippen molar-refractivity contribution >= 4 is 17.7 Å². The van der Waals surface area contributed by atoms with Crippen LogP contribution < -0.4 is 10.1 Å². The number of nitrogens with one attached hydrogen (secondary N) is 1. The lowest BCUT2D eigenvalue weighted by atomic mass is 10.1. The van der Waals surface area contributed by atoms with Crippen molar-refractivity contribution in [1.29, 1.82) is 0 Å². The molecule has 3 amide bonds. The van der Waals surface area contributed by atoms with Crippen LogP contribution in [0.5, 0.6) is 5.75 Å². The van der Waals surface area contributed by atoms with E-state index in [1.165, 1.54) is 12.5 Å². The zero-order valence-electron chi connectivity index (χ0n) is 15.7. The van der Waals surface area contributed by atoms with Gasteiger partial charge in [0, 0.05) is 44.7 Å². The fraction of sp³-hybridized carbons (Fsp3) is 0.350. The Labute approximate surface area is 163 Å². The van der Waals surface area contributed by atoms with E-state index >= 15 is 0 Å². The Morgan fingerprint density at radius 3 is 2.50 bits per heavy atom. The standard InChI is InChI=1S/C20H23N3O5/c1-27-17-4-2-3-15(13-17)20(26)23-10-8-22(9-11-23)18(24)5-7-21-19(25)16-6-12-28-14-16/h2-4,6,12-14H,5,7-11H2,1H3,(H,21,25). The molecule has 8 nitrogen and oxygen atoms in total. The Hall–Kier alpha value is -3.29. The summed E-state index contributed by atoms with van der Waals surface area (Å²) in [6.07, 6.45) is 3.00. The second-order valence-corrected chi connectivity index (χ2v) is 6.42. The van der Waals surface area contributed by atoms with Crippen molar-refractivity contribution in [3.8, 4) is 5.75 Å². The molecular weight excluding hydrogens is 362 g/mol. The molecule has 1 saturated heterocycles. The molecule has 3 rings (SSSR count). The summed E-state index contributed by atoms with van der Waals surface area (Å²) in [7, 11) is 1.56. The maximum absolute atomic E-state index is 12.6. The number of furan rings is 1. The van der Waals surface area contributed by atoms with E-state index in [-0.39, 0.29) is 30.7 Å². The van der Waals surface area contributed by atoms with Gasteiger partial charge in [0.1, 0.15) is 12.0 Å². The lowest BCUT2D eigenvalue weighted by Gasteiger charge is -2.35. The first-order valence-electron chi connectivity index (χ1n) is 9.10. The summed E-state index contributed by atoms with van der Waals surface area (Å²) in [5.74, 6) is 0.256. The lowest BCUT2D eigenvalue weighted by molar-refractivity contribution is -0.132. The lowest BCUT2D eigenvalue weighted by Crippen LogP contribution is -2.51. The number of nitrogens with zero attached hydrogens (tertiary/aromatic N) is 2. The van der Waals surface area contributed by atoms with Crippen molar-refractivity contribution in [2.24, 2.45) is 0 Å². The molecule has 1 aliphatic heterocycles. The molecule has 1 aliphatic rings. The summed E-state index contributed by atoms with van der Waals surface area (Å²) >= 11 is 0. The fourth-order valence-electron chi connectivity index (χ4n) is 3.03. The summed E-state index contributed by atoms with van der Waals surface area (Å²) in [6.45, 7) is 2.16. The first-order valence-corrected chi connectivity index (χ1v) is 9.10. The largest absolute Gasteiger partial charge is 0.497 e. The van der Waals surface area contributed by atoms with E-state index in [1.54, 1.807) is 47.2 Å². The highest BCUT2D eigenvalue weighted by Gasteiger charge is 2.25. The van der Waals surface area contributed by atoms with Gasteiger partial charge in [0.05, 0.1) is 18.9 Å². The van der Waals surface area contributed by atoms with E-state index in [9.17, 15) is 14.4 Å². The molecule has 28 heavy (non-hydrogen) atoms. The molecule has 0 bridgehead atoms. The van der Waals surface area contributed by atoms with E-state index < -0.39 is 0 Å². The van der Waals surface area contributed by atoms with Crippen LogP contribution in [0.1, 0.15) is 27.1 Å². The maximum Gasteiger partial charge on any atom is 0.254 e. The first-order chi connectivity index (χ1) is 13.6. The number of piperazine rings is 1. The van der Waals surface area contributed by atoms with Crippen LogP contribution in [0.4, 0.5) is 0 Å². The van der Waals surface area contributed by atoms with E-state index in [0.29, 0.717) is 43.1 Å². The van der Waals surface area contributed by atoms with Gasteiger partial charge in [-0.3, -0.25) is 14.4 Å². The van der Waals surface area contributed by atoms with Crippen molar-refractivity contribution in [1.82, 2.24) is 15.1 Å². The van der Waals surface area contributed by atoms with Crippen molar-refractivity contribution in [3.05, 3.63) is 54.0 Å². The highest BCUT2D eigenvalue weighted by atomic mass is 16.5. The monoisotopic (exact) mass is 385 g/mol. The van der Waals surface area contributed by atoms with E-state index in [1.807, 2.05) is 0 Å². The van der Waals surface area contributed by atoms with Crippen LogP contribution in [0, 0.1) is 0 Å². The van der Waals surface area contributed by atoms with Gasteiger partial charge in [-0.2, -0.15) is 0 Å². The van der Waals surface area contributed by atoms with Gasteiger partial charge < -0.3 is 24.3 Å². The molecule has 1 aromatic carbocycles. The molecule has 2 aromatic rings. The van der Waals surface area contributed by atoms with Gasteiger partial charge in [0.25, 0.3) is 11.8 Å². The predicted octanol–water partition coefficient (Wildman–Crippen LogP) is 1.39. The topological polar surface area (TPSA) is 92.1 Å². The van der Waals surface area contributed by atoms with Gasteiger partial charge in [0.15, 0.2) is 0 Å². The first kappa shape index (κ1) is 19.5. The van der Waals surface area contributed by atoms with Gasteiger partial charge in [0.2, 0.25) is 5.91 Å². The van der Waals surface area contributed by atoms with Gasteiger partial charge in [-0.15, -0.1) is 0 Å². The smallest absolute Gasteiger partial charge is 0.254 e. The molecule has 148 valence electrons. The minimum Gasteiger partial charge on any atom is -0.497 e. The summed E-state index contributed by atoms with van der Waals surface area (Å²) < 4.78 is 10.0. The normalized spacial score (nSPS) is 13.9. The number of hydrogen-bond donors (Lipinski definition) is 1. The number of ether oxygens (including phenoxy) is 1. The molecule has 0 saturated carbocycles. The fourth-order valence-corrected chi connectivity index (χ4v) is 3.03. The highest BCUT2D eigenvalue weighted by Crippen LogP contribution is 2.15. The number of methoxy groups -OCH3 is 1. The van der Waals surface area contributed by atoms with Gasteiger partial charge >= 0.3 is 0 Å². The molecule has 0 radical (unpaired) electrons. The number of carbonyl (C=O) groups excluding carboxylic acids is 3. The summed E-state index contributed by atoms with van der Waals surface area (Å²) in [5.41, 5.74) is 0.998. The summed E-state index contributed by atoms with van der Waals surface area (Å²) in [6, 6.07) is 8.60. The SMILES string of the molecule is COc1cccc(C(=O)N2CCN(C(=O)CCNC(=O)c3ccoc3)CC2)c1. The van der Waals surface area contributed by atoms with Gasteiger partial charge in [-0.05, 0) is 24.3 Å². The Morgan fingerprint density at radius 1 is 1.07 bits per heavy atom. The molecule has 0 atom stereocenters. The molecule has 1 aromatic heterocycles. The quantitative estimate of drug-likeness (QED) is 0.811. The Morgan fingerprint density at radius 2 is 1.82 bits per heavy atom. The second kappa shape index (κ2) is 9.07. The van der Waals surface area contributed by atoms with Crippen LogP contribution >= 0.6 is 0 Å². The molecular formula is C20H23N3O5. The highest BCUT2D eigenvalue weighted by molar-refractivity contribution is 5.95. The van der Waals surface area contributed by atoms with Crippen LogP contribution in [0.25, 0.3) is 0 Å². The number of carbonyl (C=O) groups is 3. The third-order valence-corrected chi connectivity index (χ3v) is 4.64. The zero-order chi connectivity index (χ0) is 19.9. The number of rotatable bonds is 6. The zero-order valence-corrected chi connectivity index (χ0v) is 15.7. The number of amides is 3. The maximum atomic E-state index is 12.6. The molecule has 1 N–H and O–H groups in total. The van der Waals surface area contributed by atoms with Crippen LogP contribution in [-0.2, 0) is 4.79 Å². The number of hydrogen-bond acceptors (Lipinski definition) is 5. The number of benzene rings is 1. The molecule has 8 heteroatoms. The van der Waals surface area contributed by atoms with Crippen LogP contribution in [0.2, 0.25) is 0 Å². The Balaban J connectivity index is 1.43. The molecule has 1 fully saturated rings. The second-order valence-electron chi connectivity index (χ2n) is 6.42. The van der Waals surface area contributed by atoms with E-state index in [4.69, 9.17) is 9.15 Å². The molecule has 2 heterocycles. The summed E-state index contributed by atoms with van der Waals surface area (Å²) in [5, 5.41) is 2.69. The van der Waals surface area contributed by atoms with Crippen molar-refractivity contribution in [3.63, 3.8) is 0 Å². The third-order valence-electron chi connectivity index (χ3n) is 4.64. The third kappa shape index (κ3) is 4.70. The van der Waals surface area contributed by atoms with Crippen LogP contribution in [-0.4, -0.2) is 67.4 Å². The van der Waals surface area contributed by atoms with Crippen LogP contribution in [0.15, 0.2) is 47.3 Å². The molecule has 0 unspecified atom stereocenters. The minimum atomic E-state index is -0.268. The Kier molecular flexibility index (Phi) is 6.31. The summed E-state index contributed by atoms with van der Waals surface area (Å²) in [4.78, 5) is 40.2. The van der Waals surface area contributed by atoms with Gasteiger partial charge in [-0.25, -0.2) is 0 Å². The van der Waals surface area contributed by atoms with Crippen molar-refractivity contribution < 1.29 is 23.5 Å². The van der Waals surface area contributed by atoms with Crippen molar-refractivity contribution in [2.45, 2.75) is 6.42 Å². The van der Waals surface area contributed by atoms with E-state index in [0.717, 1.165) is 0 Å². The minimum absolute atomic E-state index is 0.0408. The average Bonchev–Trinajstić information content (AvgIpc) is 3.28. The van der Waals surface area contributed by atoms with Crippen LogP contribution in [0.3, 0.4) is 0 Å². The Bertz CT molecular complexity index is 826. The van der Waals surface area contributed by atoms with E-state index in [2.05, 4.69) is 5.32 Å². The van der Waals surface area contributed by atoms with Crippen molar-refractivity contribution in [2.75, 3.05) is 39.8 Å². The predicted molar refractivity (Wildman–Crippen MR) is 101 cm³/mol. The molecule has 0 aliphatic carbocycles. The average molecular weight is 385 g/mol. The molecule has 0 spiro atoms.